The second kappa shape index (κ2) is 9.62. The molecule has 116 valence electrons. The lowest BCUT2D eigenvalue weighted by atomic mass is 10.3. The number of rotatable bonds is 6. The average Bonchev–Trinajstić information content (AvgIpc) is 2.42. The molecule has 6 nitrogen and oxygen atoms in total. The monoisotopic (exact) mass is 423 g/mol. The molecule has 0 fully saturated rings. The summed E-state index contributed by atoms with van der Waals surface area (Å²) in [5.74, 6) is 0.348. The molecule has 8 heteroatoms. The third-order valence-electron chi connectivity index (χ3n) is 2.22. The van der Waals surface area contributed by atoms with E-state index in [1.165, 1.54) is 0 Å². The van der Waals surface area contributed by atoms with Crippen molar-refractivity contribution in [3.8, 4) is 5.75 Å². The van der Waals surface area contributed by atoms with Crippen LogP contribution in [0.1, 0.15) is 19.8 Å². The van der Waals surface area contributed by atoms with Crippen molar-refractivity contribution < 1.29 is 23.8 Å². The minimum Gasteiger partial charge on any atom is -0.434 e. The smallest absolute Gasteiger partial charge is 0.434 e. The minimum atomic E-state index is -0.825. The zero-order valence-corrected chi connectivity index (χ0v) is 14.5. The Labute approximate surface area is 139 Å². The van der Waals surface area contributed by atoms with E-state index in [-0.39, 0.29) is 6.73 Å². The zero-order chi connectivity index (χ0) is 15.7. The summed E-state index contributed by atoms with van der Waals surface area (Å²) in [5, 5.41) is 2.28. The van der Waals surface area contributed by atoms with Crippen molar-refractivity contribution >= 4 is 44.1 Å². The van der Waals surface area contributed by atoms with Crippen molar-refractivity contribution in [3.05, 3.63) is 27.1 Å². The van der Waals surface area contributed by atoms with Crippen molar-refractivity contribution in [1.29, 1.82) is 0 Å². The van der Waals surface area contributed by atoms with Crippen LogP contribution in [-0.4, -0.2) is 25.6 Å². The highest BCUT2D eigenvalue weighted by molar-refractivity contribution is 9.11. The van der Waals surface area contributed by atoms with Crippen LogP contribution in [-0.2, 0) is 9.47 Å². The number of ether oxygens (including phenoxy) is 3. The summed E-state index contributed by atoms with van der Waals surface area (Å²) in [6.07, 6.45) is 0.121. The van der Waals surface area contributed by atoms with Gasteiger partial charge in [-0.1, -0.05) is 29.3 Å². The number of nitrogens with one attached hydrogen (secondary N) is 1. The number of halogens is 2. The maximum atomic E-state index is 11.5. The van der Waals surface area contributed by atoms with Crippen LogP contribution in [0.4, 0.5) is 9.59 Å². The maximum Gasteiger partial charge on any atom is 0.510 e. The van der Waals surface area contributed by atoms with Gasteiger partial charge in [-0.05, 0) is 40.5 Å². The predicted octanol–water partition coefficient (Wildman–Crippen LogP) is 4.21. The summed E-state index contributed by atoms with van der Waals surface area (Å²) in [7, 11) is 0. The number of carbonyl (C=O) groups excluding carboxylic acids is 2. The van der Waals surface area contributed by atoms with Crippen LogP contribution in [0.2, 0.25) is 0 Å². The Balaban J connectivity index is 2.26. The molecule has 1 rings (SSSR count). The second-order valence-electron chi connectivity index (χ2n) is 3.88. The molecule has 0 heterocycles. The molecule has 0 aliphatic carbocycles. The van der Waals surface area contributed by atoms with Gasteiger partial charge in [-0.2, -0.15) is 0 Å². The molecule has 0 radical (unpaired) electrons. The Kier molecular flexibility index (Phi) is 8.14. The Morgan fingerprint density at radius 2 is 2.00 bits per heavy atom. The molecule has 0 saturated carbocycles. The molecule has 0 aromatic heterocycles. The van der Waals surface area contributed by atoms with Crippen LogP contribution in [0.5, 0.6) is 5.75 Å². The first-order valence-corrected chi connectivity index (χ1v) is 7.81. The molecular weight excluding hydrogens is 410 g/mol. The van der Waals surface area contributed by atoms with Gasteiger partial charge in [0.25, 0.3) is 0 Å². The van der Waals surface area contributed by atoms with Gasteiger partial charge in [-0.25, -0.2) is 9.59 Å². The molecule has 0 unspecified atom stereocenters. The van der Waals surface area contributed by atoms with E-state index in [0.717, 1.165) is 17.3 Å². The predicted molar refractivity (Wildman–Crippen MR) is 83.2 cm³/mol. The normalized spacial score (nSPS) is 9.86. The standard InChI is InChI=1S/C13H15Br2NO5/c1-2-3-6-19-13(18)20-8-16-12(17)21-11-5-4-9(14)7-10(11)15/h4-5,7H,2-3,6,8H2,1H3,(H,16,17). The van der Waals surface area contributed by atoms with E-state index >= 15 is 0 Å². The van der Waals surface area contributed by atoms with Crippen molar-refractivity contribution in [2.24, 2.45) is 0 Å². The second-order valence-corrected chi connectivity index (χ2v) is 5.65. The highest BCUT2D eigenvalue weighted by Gasteiger charge is 2.09. The first-order chi connectivity index (χ1) is 10.0. The van der Waals surface area contributed by atoms with Crippen LogP contribution in [0.25, 0.3) is 0 Å². The zero-order valence-electron chi connectivity index (χ0n) is 11.4. The molecule has 0 spiro atoms. The molecule has 0 aliphatic heterocycles. The molecule has 0 saturated heterocycles. The lowest BCUT2D eigenvalue weighted by Crippen LogP contribution is -2.30. The molecule has 0 atom stereocenters. The Hall–Kier alpha value is -1.28. The minimum absolute atomic E-state index is 0.297. The first kappa shape index (κ1) is 17.8. The number of hydrogen-bond acceptors (Lipinski definition) is 5. The number of benzene rings is 1. The van der Waals surface area contributed by atoms with Crippen LogP contribution in [0.15, 0.2) is 27.1 Å². The van der Waals surface area contributed by atoms with Crippen LogP contribution in [0.3, 0.4) is 0 Å². The first-order valence-electron chi connectivity index (χ1n) is 6.23. The molecule has 0 aliphatic rings. The molecule has 1 aromatic rings. The highest BCUT2D eigenvalue weighted by atomic mass is 79.9. The molecule has 1 aromatic carbocycles. The molecule has 1 N–H and O–H groups in total. The fourth-order valence-electron chi connectivity index (χ4n) is 1.19. The fraction of sp³-hybridized carbons (Fsp3) is 0.385. The summed E-state index contributed by atoms with van der Waals surface area (Å²) >= 11 is 6.55. The highest BCUT2D eigenvalue weighted by Crippen LogP contribution is 2.28. The maximum absolute atomic E-state index is 11.5. The summed E-state index contributed by atoms with van der Waals surface area (Å²) in [5.41, 5.74) is 0. The SMILES string of the molecule is CCCCOC(=O)OCNC(=O)Oc1ccc(Br)cc1Br. The van der Waals surface area contributed by atoms with E-state index in [1.807, 2.05) is 6.92 Å². The van der Waals surface area contributed by atoms with Crippen molar-refractivity contribution in [3.63, 3.8) is 0 Å². The topological polar surface area (TPSA) is 73.9 Å². The van der Waals surface area contributed by atoms with Crippen molar-refractivity contribution in [1.82, 2.24) is 5.32 Å². The van der Waals surface area contributed by atoms with Gasteiger partial charge in [0.2, 0.25) is 0 Å². The van der Waals surface area contributed by atoms with Crippen molar-refractivity contribution in [2.45, 2.75) is 19.8 Å². The van der Waals surface area contributed by atoms with E-state index in [4.69, 9.17) is 9.47 Å². The third-order valence-corrected chi connectivity index (χ3v) is 3.33. The van der Waals surface area contributed by atoms with E-state index in [1.54, 1.807) is 18.2 Å². The van der Waals surface area contributed by atoms with Gasteiger partial charge in [0.15, 0.2) is 6.73 Å². The lowest BCUT2D eigenvalue weighted by Gasteiger charge is -2.09. The number of amides is 1. The molecule has 1 amide bonds. The van der Waals surface area contributed by atoms with Crippen LogP contribution >= 0.6 is 31.9 Å². The van der Waals surface area contributed by atoms with Gasteiger partial charge in [0.1, 0.15) is 5.75 Å². The number of carbonyl (C=O) groups is 2. The van der Waals surface area contributed by atoms with E-state index in [9.17, 15) is 9.59 Å². The lowest BCUT2D eigenvalue weighted by molar-refractivity contribution is 0.0497. The number of hydrogen-bond donors (Lipinski definition) is 1. The van der Waals surface area contributed by atoms with E-state index in [2.05, 4.69) is 41.9 Å². The summed E-state index contributed by atoms with van der Waals surface area (Å²) in [6, 6.07) is 5.09. The molecule has 21 heavy (non-hydrogen) atoms. The van der Waals surface area contributed by atoms with Gasteiger partial charge in [-0.15, -0.1) is 0 Å². The van der Waals surface area contributed by atoms with Gasteiger partial charge in [-0.3, -0.25) is 5.32 Å². The largest absolute Gasteiger partial charge is 0.510 e. The third kappa shape index (κ3) is 7.33. The number of unbranched alkanes of at least 4 members (excludes halogenated alkanes) is 1. The van der Waals surface area contributed by atoms with Gasteiger partial charge < -0.3 is 14.2 Å². The quantitative estimate of drug-likeness (QED) is 0.420. The van der Waals surface area contributed by atoms with Gasteiger partial charge >= 0.3 is 12.2 Å². The molecule has 0 bridgehead atoms. The molecular formula is C13H15Br2NO5. The van der Waals surface area contributed by atoms with Gasteiger partial charge in [0, 0.05) is 4.47 Å². The van der Waals surface area contributed by atoms with E-state index in [0.29, 0.717) is 16.8 Å². The van der Waals surface area contributed by atoms with Gasteiger partial charge in [0.05, 0.1) is 11.1 Å². The van der Waals surface area contributed by atoms with Crippen LogP contribution in [0, 0.1) is 0 Å². The van der Waals surface area contributed by atoms with Crippen LogP contribution < -0.4 is 10.1 Å². The average molecular weight is 425 g/mol. The fourth-order valence-corrected chi connectivity index (χ4v) is 2.32. The summed E-state index contributed by atoms with van der Waals surface area (Å²) < 4.78 is 15.9. The summed E-state index contributed by atoms with van der Waals surface area (Å²) in [6.45, 7) is 1.95. The Morgan fingerprint density at radius 3 is 2.67 bits per heavy atom. The summed E-state index contributed by atoms with van der Waals surface area (Å²) in [4.78, 5) is 22.6. The Bertz CT molecular complexity index is 495. The van der Waals surface area contributed by atoms with Crippen molar-refractivity contribution in [2.75, 3.05) is 13.3 Å². The Morgan fingerprint density at radius 1 is 1.24 bits per heavy atom. The van der Waals surface area contributed by atoms with E-state index < -0.39 is 12.2 Å².